The zero-order valence-corrected chi connectivity index (χ0v) is 14.6. The molecule has 0 amide bonds. The average molecular weight is 371 g/mol. The Morgan fingerprint density at radius 1 is 1.19 bits per heavy atom. The quantitative estimate of drug-likeness (QED) is 0.743. The number of nitrogens with one attached hydrogen (secondary N) is 1. The number of hydrogen-bond donors (Lipinski definition) is 1. The molecule has 1 atom stereocenters. The lowest BCUT2D eigenvalue weighted by molar-refractivity contribution is 0.598. The smallest absolute Gasteiger partial charge is 0.129 e. The van der Waals surface area contributed by atoms with Gasteiger partial charge in [-0.25, -0.2) is 4.39 Å². The maximum atomic E-state index is 13.9. The number of hydrogen-bond acceptors (Lipinski definition) is 1. The summed E-state index contributed by atoms with van der Waals surface area (Å²) in [5.41, 5.74) is 3.41. The van der Waals surface area contributed by atoms with E-state index in [2.05, 4.69) is 28.2 Å². The minimum atomic E-state index is -0.140. The van der Waals surface area contributed by atoms with Gasteiger partial charge in [-0.05, 0) is 60.8 Å². The molecule has 0 aromatic heterocycles. The number of rotatable bonds is 4. The zero-order chi connectivity index (χ0) is 15.6. The lowest BCUT2D eigenvalue weighted by atomic mass is 9.95. The van der Waals surface area contributed by atoms with Crippen LogP contribution < -0.4 is 5.32 Å². The Kier molecular flexibility index (Phi) is 5.42. The predicted molar refractivity (Wildman–Crippen MR) is 90.5 cm³/mol. The largest absolute Gasteiger partial charge is 0.306 e. The third-order valence-corrected chi connectivity index (χ3v) is 4.43. The maximum absolute atomic E-state index is 13.9. The predicted octanol–water partition coefficient (Wildman–Crippen LogP) is 5.56. The molecule has 0 saturated heterocycles. The summed E-state index contributed by atoms with van der Waals surface area (Å²) >= 11 is 9.70. The van der Waals surface area contributed by atoms with E-state index in [-0.39, 0.29) is 11.9 Å². The second-order valence-electron chi connectivity index (χ2n) is 5.13. The molecule has 0 aliphatic rings. The van der Waals surface area contributed by atoms with Crippen LogP contribution in [0.5, 0.6) is 0 Å². The molecule has 0 radical (unpaired) electrons. The summed E-state index contributed by atoms with van der Waals surface area (Å²) in [6, 6.07) is 9.48. The first-order valence-corrected chi connectivity index (χ1v) is 8.06. The molecule has 0 heterocycles. The first-order chi connectivity index (χ1) is 9.93. The molecule has 1 N–H and O–H groups in total. The van der Waals surface area contributed by atoms with E-state index in [9.17, 15) is 4.39 Å². The van der Waals surface area contributed by atoms with E-state index >= 15 is 0 Å². The van der Waals surface area contributed by atoms with Crippen molar-refractivity contribution in [2.24, 2.45) is 0 Å². The first-order valence-electron chi connectivity index (χ1n) is 6.89. The van der Waals surface area contributed by atoms with Gasteiger partial charge in [-0.15, -0.1) is 0 Å². The second-order valence-corrected chi connectivity index (χ2v) is 6.42. The van der Waals surface area contributed by atoms with Gasteiger partial charge in [0.05, 0.1) is 6.04 Å². The van der Waals surface area contributed by atoms with Crippen molar-refractivity contribution >= 4 is 27.5 Å². The molecule has 0 aliphatic carbocycles. The van der Waals surface area contributed by atoms with E-state index in [1.54, 1.807) is 13.8 Å². The molecule has 21 heavy (non-hydrogen) atoms. The Hall–Kier alpha value is -0.900. The van der Waals surface area contributed by atoms with E-state index in [0.717, 1.165) is 22.1 Å². The monoisotopic (exact) mass is 369 g/mol. The van der Waals surface area contributed by atoms with Crippen LogP contribution in [0, 0.1) is 19.7 Å². The fourth-order valence-corrected chi connectivity index (χ4v) is 3.15. The molecule has 2 aromatic rings. The minimum absolute atomic E-state index is 0.0268. The van der Waals surface area contributed by atoms with Crippen molar-refractivity contribution in [2.75, 3.05) is 6.54 Å². The molecule has 0 saturated carbocycles. The summed E-state index contributed by atoms with van der Waals surface area (Å²) in [6.07, 6.45) is 0. The molecule has 112 valence electrons. The van der Waals surface area contributed by atoms with Gasteiger partial charge < -0.3 is 5.32 Å². The highest BCUT2D eigenvalue weighted by molar-refractivity contribution is 9.10. The van der Waals surface area contributed by atoms with Crippen molar-refractivity contribution in [2.45, 2.75) is 26.8 Å². The second kappa shape index (κ2) is 6.91. The van der Waals surface area contributed by atoms with Gasteiger partial charge >= 0.3 is 0 Å². The van der Waals surface area contributed by atoms with E-state index in [1.165, 1.54) is 0 Å². The highest BCUT2D eigenvalue weighted by atomic mass is 79.9. The van der Waals surface area contributed by atoms with Crippen LogP contribution in [0.1, 0.15) is 35.2 Å². The summed E-state index contributed by atoms with van der Waals surface area (Å²) in [5, 5.41) is 4.13. The molecule has 2 rings (SSSR count). The van der Waals surface area contributed by atoms with Gasteiger partial charge in [0.2, 0.25) is 0 Å². The van der Waals surface area contributed by atoms with Crippen LogP contribution in [-0.2, 0) is 0 Å². The van der Waals surface area contributed by atoms with Crippen LogP contribution in [0.2, 0.25) is 5.02 Å². The molecule has 0 spiro atoms. The summed E-state index contributed by atoms with van der Waals surface area (Å²) in [5.74, 6) is -0.140. The lowest BCUT2D eigenvalue weighted by Gasteiger charge is -2.22. The zero-order valence-electron chi connectivity index (χ0n) is 12.3. The number of benzene rings is 2. The summed E-state index contributed by atoms with van der Waals surface area (Å²) in [4.78, 5) is 0. The van der Waals surface area contributed by atoms with E-state index in [1.807, 2.05) is 30.3 Å². The van der Waals surface area contributed by atoms with Crippen LogP contribution in [0.15, 0.2) is 34.8 Å². The summed E-state index contributed by atoms with van der Waals surface area (Å²) in [7, 11) is 0. The van der Waals surface area contributed by atoms with Gasteiger partial charge in [0.25, 0.3) is 0 Å². The van der Waals surface area contributed by atoms with Gasteiger partial charge in [0.15, 0.2) is 0 Å². The highest BCUT2D eigenvalue weighted by Crippen LogP contribution is 2.32. The summed E-state index contributed by atoms with van der Waals surface area (Å²) < 4.78 is 14.8. The van der Waals surface area contributed by atoms with Crippen molar-refractivity contribution in [3.63, 3.8) is 0 Å². The third kappa shape index (κ3) is 3.65. The fourth-order valence-electron chi connectivity index (χ4n) is 2.49. The molecular formula is C17H18BrClFN. The molecule has 2 aromatic carbocycles. The topological polar surface area (TPSA) is 12.0 Å². The Balaban J connectivity index is 2.56. The Bertz CT molecular complexity index is 634. The normalized spacial score (nSPS) is 12.5. The SMILES string of the molecule is CCNC(c1cc(C)c(F)c(C)c1)c1cc(Cl)ccc1Br. The van der Waals surface area contributed by atoms with Crippen molar-refractivity contribution in [1.82, 2.24) is 5.32 Å². The standard InChI is InChI=1S/C17H18BrClFN/c1-4-21-17(14-9-13(19)5-6-15(14)18)12-7-10(2)16(20)11(3)8-12/h5-9,17,21H,4H2,1-3H3. The van der Waals surface area contributed by atoms with Crippen LogP contribution in [0.4, 0.5) is 4.39 Å². The van der Waals surface area contributed by atoms with Gasteiger partial charge in [-0.1, -0.05) is 46.6 Å². The van der Waals surface area contributed by atoms with Crippen molar-refractivity contribution in [3.05, 3.63) is 67.9 Å². The van der Waals surface area contributed by atoms with Crippen molar-refractivity contribution in [3.8, 4) is 0 Å². The molecular weight excluding hydrogens is 353 g/mol. The van der Waals surface area contributed by atoms with Crippen molar-refractivity contribution < 1.29 is 4.39 Å². The number of halogens is 3. The average Bonchev–Trinajstić information content (AvgIpc) is 2.44. The number of aryl methyl sites for hydroxylation is 2. The Labute approximate surface area is 138 Å². The molecule has 1 nitrogen and oxygen atoms in total. The van der Waals surface area contributed by atoms with E-state index < -0.39 is 0 Å². The Morgan fingerprint density at radius 3 is 2.38 bits per heavy atom. The van der Waals surface area contributed by atoms with E-state index in [4.69, 9.17) is 11.6 Å². The molecule has 1 unspecified atom stereocenters. The van der Waals surface area contributed by atoms with Crippen LogP contribution in [0.25, 0.3) is 0 Å². The van der Waals surface area contributed by atoms with Gasteiger partial charge in [-0.2, -0.15) is 0 Å². The molecule has 0 aliphatic heterocycles. The van der Waals surface area contributed by atoms with Crippen LogP contribution >= 0.6 is 27.5 Å². The molecule has 4 heteroatoms. The van der Waals surface area contributed by atoms with Crippen molar-refractivity contribution in [1.29, 1.82) is 0 Å². The Morgan fingerprint density at radius 2 is 1.81 bits per heavy atom. The van der Waals surface area contributed by atoms with Gasteiger partial charge in [0.1, 0.15) is 5.82 Å². The lowest BCUT2D eigenvalue weighted by Crippen LogP contribution is -2.22. The van der Waals surface area contributed by atoms with Gasteiger partial charge in [-0.3, -0.25) is 0 Å². The molecule has 0 fully saturated rings. The van der Waals surface area contributed by atoms with Crippen LogP contribution in [-0.4, -0.2) is 6.54 Å². The summed E-state index contributed by atoms with van der Waals surface area (Å²) in [6.45, 7) is 6.44. The highest BCUT2D eigenvalue weighted by Gasteiger charge is 2.18. The van der Waals surface area contributed by atoms with Crippen LogP contribution in [0.3, 0.4) is 0 Å². The third-order valence-electron chi connectivity index (χ3n) is 3.47. The first kappa shape index (κ1) is 16.5. The molecule has 0 bridgehead atoms. The maximum Gasteiger partial charge on any atom is 0.129 e. The minimum Gasteiger partial charge on any atom is -0.306 e. The van der Waals surface area contributed by atoms with E-state index in [0.29, 0.717) is 16.1 Å². The van der Waals surface area contributed by atoms with Gasteiger partial charge in [0, 0.05) is 9.50 Å². The fraction of sp³-hybridized carbons (Fsp3) is 0.294.